The number of non-ortho nitro benzene ring substituents is 1. The molecule has 3 aromatic rings. The largest absolute Gasteiger partial charge is 0.457 e. The zero-order chi connectivity index (χ0) is 20.5. The van der Waals surface area contributed by atoms with Crippen LogP contribution in [0.25, 0.3) is 17.4 Å². The van der Waals surface area contributed by atoms with Crippen LogP contribution in [0.4, 0.5) is 16.2 Å². The molecule has 0 unspecified atom stereocenters. The third-order valence-corrected chi connectivity index (χ3v) is 5.23. The van der Waals surface area contributed by atoms with Crippen LogP contribution in [-0.4, -0.2) is 16.1 Å². The number of hydrogen-bond donors (Lipinski definition) is 0. The lowest BCUT2D eigenvalue weighted by Crippen LogP contribution is -2.27. The Balaban J connectivity index is 1.58. The van der Waals surface area contributed by atoms with Crippen molar-refractivity contribution in [2.45, 2.75) is 0 Å². The molecule has 0 saturated carbocycles. The maximum Gasteiger partial charge on any atom is 0.298 e. The van der Waals surface area contributed by atoms with E-state index in [-0.39, 0.29) is 10.6 Å². The van der Waals surface area contributed by atoms with Gasteiger partial charge in [-0.2, -0.15) is 0 Å². The van der Waals surface area contributed by atoms with Gasteiger partial charge in [0, 0.05) is 28.8 Å². The number of imide groups is 1. The molecule has 29 heavy (non-hydrogen) atoms. The molecule has 1 aromatic heterocycles. The first-order chi connectivity index (χ1) is 13.9. The van der Waals surface area contributed by atoms with Crippen molar-refractivity contribution in [1.82, 2.24) is 0 Å². The number of carbonyl (C=O) groups is 2. The van der Waals surface area contributed by atoms with Crippen molar-refractivity contribution in [2.24, 2.45) is 0 Å². The second-order valence-corrected chi connectivity index (χ2v) is 7.43. The van der Waals surface area contributed by atoms with Gasteiger partial charge in [-0.05, 0) is 54.2 Å². The van der Waals surface area contributed by atoms with Gasteiger partial charge < -0.3 is 4.42 Å². The van der Waals surface area contributed by atoms with Gasteiger partial charge in [-0.25, -0.2) is 4.90 Å². The molecule has 2 amide bonds. The highest BCUT2D eigenvalue weighted by molar-refractivity contribution is 8.19. The van der Waals surface area contributed by atoms with E-state index in [1.165, 1.54) is 18.2 Å². The average molecular weight is 427 g/mol. The molecule has 0 aliphatic carbocycles. The number of hydrogen-bond acceptors (Lipinski definition) is 6. The van der Waals surface area contributed by atoms with Crippen LogP contribution in [0.2, 0.25) is 5.02 Å². The van der Waals surface area contributed by atoms with Gasteiger partial charge >= 0.3 is 0 Å². The molecule has 0 bridgehead atoms. The Morgan fingerprint density at radius 1 is 1.07 bits per heavy atom. The van der Waals surface area contributed by atoms with Crippen LogP contribution < -0.4 is 4.90 Å². The molecule has 9 heteroatoms. The highest BCUT2D eigenvalue weighted by atomic mass is 35.5. The molecule has 1 saturated heterocycles. The zero-order valence-electron chi connectivity index (χ0n) is 14.6. The second kappa shape index (κ2) is 7.57. The molecule has 2 aromatic carbocycles. The van der Waals surface area contributed by atoms with Gasteiger partial charge in [0.15, 0.2) is 0 Å². The van der Waals surface area contributed by atoms with Gasteiger partial charge in [0.2, 0.25) is 0 Å². The predicted octanol–water partition coefficient (Wildman–Crippen LogP) is 5.75. The Bertz CT molecular complexity index is 1170. The van der Waals surface area contributed by atoms with Gasteiger partial charge in [0.05, 0.1) is 15.5 Å². The number of nitrogens with zero attached hydrogens (tertiary/aromatic N) is 2. The minimum atomic E-state index is -0.479. The van der Waals surface area contributed by atoms with Crippen LogP contribution in [0.15, 0.2) is 70.0 Å². The fraction of sp³-hybridized carbons (Fsp3) is 0. The topological polar surface area (TPSA) is 93.7 Å². The zero-order valence-corrected chi connectivity index (χ0v) is 16.1. The molecular formula is C20H11ClN2O5S. The maximum absolute atomic E-state index is 12.7. The highest BCUT2D eigenvalue weighted by Gasteiger charge is 2.36. The number of halogens is 1. The quantitative estimate of drug-likeness (QED) is 0.299. The van der Waals surface area contributed by atoms with Crippen molar-refractivity contribution in [3.63, 3.8) is 0 Å². The summed E-state index contributed by atoms with van der Waals surface area (Å²) in [6.45, 7) is 0. The van der Waals surface area contributed by atoms with E-state index in [0.29, 0.717) is 27.8 Å². The third kappa shape index (κ3) is 3.80. The number of amides is 2. The van der Waals surface area contributed by atoms with Crippen molar-refractivity contribution in [2.75, 3.05) is 4.90 Å². The summed E-state index contributed by atoms with van der Waals surface area (Å²) in [6.07, 6.45) is 1.49. The standard InChI is InChI=1S/C20H11ClN2O5S/c21-13-2-1-3-15(10-13)22-19(24)18(29-20(22)25)11-16-8-9-17(28-16)12-4-6-14(7-5-12)23(26)27/h1-11H/b18-11-. The van der Waals surface area contributed by atoms with Gasteiger partial charge in [0.25, 0.3) is 16.8 Å². The predicted molar refractivity (Wildman–Crippen MR) is 111 cm³/mol. The second-order valence-electron chi connectivity index (χ2n) is 6.00. The number of thioether (sulfide) groups is 1. The van der Waals surface area contributed by atoms with Crippen LogP contribution in [0.1, 0.15) is 5.76 Å². The molecule has 1 fully saturated rings. The summed E-state index contributed by atoms with van der Waals surface area (Å²) in [5, 5.41) is 10.7. The van der Waals surface area contributed by atoms with Gasteiger partial charge in [-0.1, -0.05) is 17.7 Å². The van der Waals surface area contributed by atoms with Crippen LogP contribution in [-0.2, 0) is 4.79 Å². The molecule has 1 aliphatic rings. The first-order valence-corrected chi connectivity index (χ1v) is 9.50. The number of nitro groups is 1. The molecule has 144 valence electrons. The fourth-order valence-corrected chi connectivity index (χ4v) is 3.77. The first-order valence-electron chi connectivity index (χ1n) is 8.30. The summed E-state index contributed by atoms with van der Waals surface area (Å²) in [5.41, 5.74) is 1.03. The summed E-state index contributed by atoms with van der Waals surface area (Å²) in [4.78, 5) is 36.5. The first kappa shape index (κ1) is 19.0. The smallest absolute Gasteiger partial charge is 0.298 e. The third-order valence-electron chi connectivity index (χ3n) is 4.12. The summed E-state index contributed by atoms with van der Waals surface area (Å²) in [5.74, 6) is 0.408. The van der Waals surface area contributed by atoms with Gasteiger partial charge in [-0.3, -0.25) is 19.7 Å². The summed E-state index contributed by atoms with van der Waals surface area (Å²) in [7, 11) is 0. The minimum Gasteiger partial charge on any atom is -0.457 e. The van der Waals surface area contributed by atoms with Crippen LogP contribution in [0.3, 0.4) is 0 Å². The summed E-state index contributed by atoms with van der Waals surface area (Å²) >= 11 is 6.76. The van der Waals surface area contributed by atoms with Gasteiger partial charge in [0.1, 0.15) is 11.5 Å². The molecule has 4 rings (SSSR count). The van der Waals surface area contributed by atoms with E-state index in [0.717, 1.165) is 16.7 Å². The van der Waals surface area contributed by atoms with Crippen molar-refractivity contribution < 1.29 is 18.9 Å². The fourth-order valence-electron chi connectivity index (χ4n) is 2.77. The lowest BCUT2D eigenvalue weighted by Gasteiger charge is -2.12. The Labute approximate surface area is 173 Å². The van der Waals surface area contributed by atoms with Crippen LogP contribution >= 0.6 is 23.4 Å². The van der Waals surface area contributed by atoms with E-state index >= 15 is 0 Å². The van der Waals surface area contributed by atoms with E-state index in [2.05, 4.69) is 0 Å². The summed E-state index contributed by atoms with van der Waals surface area (Å²) in [6, 6.07) is 15.8. The molecule has 2 heterocycles. The molecule has 7 nitrogen and oxygen atoms in total. The van der Waals surface area contributed by atoms with E-state index in [1.807, 2.05) is 0 Å². The van der Waals surface area contributed by atoms with E-state index in [4.69, 9.17) is 16.0 Å². The Kier molecular flexibility index (Phi) is 4.96. The Hall–Kier alpha value is -3.36. The maximum atomic E-state index is 12.7. The number of anilines is 1. The molecular weight excluding hydrogens is 416 g/mol. The van der Waals surface area contributed by atoms with E-state index in [9.17, 15) is 19.7 Å². The monoisotopic (exact) mass is 426 g/mol. The number of nitro benzene ring substituents is 1. The lowest BCUT2D eigenvalue weighted by molar-refractivity contribution is -0.384. The SMILES string of the molecule is O=C1S/C(=C\c2ccc(-c3ccc([N+](=O)[O-])cc3)o2)C(=O)N1c1cccc(Cl)c1. The molecule has 0 radical (unpaired) electrons. The summed E-state index contributed by atoms with van der Waals surface area (Å²) < 4.78 is 5.71. The number of rotatable bonds is 4. The minimum absolute atomic E-state index is 0.0183. The normalized spacial score (nSPS) is 15.3. The van der Waals surface area contributed by atoms with Crippen molar-refractivity contribution in [3.05, 3.63) is 86.5 Å². The van der Waals surface area contributed by atoms with Crippen molar-refractivity contribution in [1.29, 1.82) is 0 Å². The Morgan fingerprint density at radius 3 is 2.52 bits per heavy atom. The molecule has 0 spiro atoms. The lowest BCUT2D eigenvalue weighted by atomic mass is 10.1. The molecule has 1 aliphatic heterocycles. The van der Waals surface area contributed by atoms with Crippen LogP contribution in [0, 0.1) is 10.1 Å². The Morgan fingerprint density at radius 2 is 1.83 bits per heavy atom. The molecule has 0 N–H and O–H groups in total. The number of benzene rings is 2. The van der Waals surface area contributed by atoms with Crippen molar-refractivity contribution in [3.8, 4) is 11.3 Å². The van der Waals surface area contributed by atoms with E-state index in [1.54, 1.807) is 48.5 Å². The highest BCUT2D eigenvalue weighted by Crippen LogP contribution is 2.37. The van der Waals surface area contributed by atoms with Gasteiger partial charge in [-0.15, -0.1) is 0 Å². The average Bonchev–Trinajstić information content (AvgIpc) is 3.26. The van der Waals surface area contributed by atoms with E-state index < -0.39 is 16.1 Å². The van der Waals surface area contributed by atoms with Crippen molar-refractivity contribution >= 4 is 52.0 Å². The number of furan rings is 1. The molecule has 0 atom stereocenters. The number of carbonyl (C=O) groups excluding carboxylic acids is 2. The van der Waals surface area contributed by atoms with Crippen LogP contribution in [0.5, 0.6) is 0 Å².